The summed E-state index contributed by atoms with van der Waals surface area (Å²) in [4.78, 5) is 11.6. The van der Waals surface area contributed by atoms with Gasteiger partial charge in [0.2, 0.25) is 11.0 Å². The van der Waals surface area contributed by atoms with E-state index in [1.165, 1.54) is 23.1 Å². The molecule has 0 bridgehead atoms. The second kappa shape index (κ2) is 5.23. The zero-order valence-electron chi connectivity index (χ0n) is 9.25. The Morgan fingerprint density at radius 3 is 2.94 bits per heavy atom. The van der Waals surface area contributed by atoms with Crippen LogP contribution in [-0.2, 0) is 11.8 Å². The topological polar surface area (TPSA) is 85.6 Å². The van der Waals surface area contributed by atoms with Crippen LogP contribution in [0.2, 0.25) is 0 Å². The van der Waals surface area contributed by atoms with E-state index < -0.39 is 0 Å². The van der Waals surface area contributed by atoms with Gasteiger partial charge in [-0.1, -0.05) is 23.1 Å². The monoisotopic (exact) mass is 270 g/mol. The molecule has 7 nitrogen and oxygen atoms in total. The van der Waals surface area contributed by atoms with Gasteiger partial charge in [0.15, 0.2) is 5.16 Å². The summed E-state index contributed by atoms with van der Waals surface area (Å²) in [6, 6.07) is 0. The number of carbonyl (C=O) groups is 1. The summed E-state index contributed by atoms with van der Waals surface area (Å²) >= 11 is 2.62. The van der Waals surface area contributed by atoms with Crippen LogP contribution in [0.3, 0.4) is 0 Å². The predicted molar refractivity (Wildman–Crippen MR) is 65.0 cm³/mol. The van der Waals surface area contributed by atoms with Gasteiger partial charge in [-0.3, -0.25) is 10.1 Å². The first-order chi connectivity index (χ1) is 8.16. The lowest BCUT2D eigenvalue weighted by atomic mass is 10.7. The van der Waals surface area contributed by atoms with Gasteiger partial charge in [-0.15, -0.1) is 20.4 Å². The molecule has 17 heavy (non-hydrogen) atoms. The number of hydrogen-bond donors (Lipinski definition) is 1. The second-order valence-corrected chi connectivity index (χ2v) is 4.95. The Balaban J connectivity index is 1.86. The zero-order chi connectivity index (χ0) is 12.3. The quantitative estimate of drug-likeness (QED) is 0.823. The highest BCUT2D eigenvalue weighted by molar-refractivity contribution is 7.99. The van der Waals surface area contributed by atoms with Gasteiger partial charge in [-0.25, -0.2) is 0 Å². The number of aromatic nitrogens is 5. The molecule has 0 aliphatic carbocycles. The number of aryl methyl sites for hydroxylation is 1. The van der Waals surface area contributed by atoms with E-state index in [0.29, 0.717) is 5.13 Å². The van der Waals surface area contributed by atoms with E-state index in [4.69, 9.17) is 0 Å². The Labute approximate surface area is 106 Å². The largest absolute Gasteiger partial charge is 0.309 e. The predicted octanol–water partition coefficient (Wildman–Crippen LogP) is 0.706. The third kappa shape index (κ3) is 3.01. The number of anilines is 1. The Kier molecular flexibility index (Phi) is 3.69. The molecular formula is C8H10N6OS2. The normalized spacial score (nSPS) is 10.5. The van der Waals surface area contributed by atoms with E-state index in [2.05, 4.69) is 25.7 Å². The molecule has 90 valence electrons. The van der Waals surface area contributed by atoms with Crippen LogP contribution in [0, 0.1) is 6.92 Å². The van der Waals surface area contributed by atoms with Crippen LogP contribution in [0.15, 0.2) is 10.7 Å². The molecule has 0 atom stereocenters. The Morgan fingerprint density at radius 2 is 2.35 bits per heavy atom. The molecule has 0 saturated carbocycles. The molecule has 0 saturated heterocycles. The van der Waals surface area contributed by atoms with Crippen molar-refractivity contribution in [1.29, 1.82) is 0 Å². The highest BCUT2D eigenvalue weighted by atomic mass is 32.2. The molecule has 2 aromatic rings. The average molecular weight is 270 g/mol. The summed E-state index contributed by atoms with van der Waals surface area (Å²) in [5.74, 6) is 0.954. The Morgan fingerprint density at radius 1 is 1.53 bits per heavy atom. The smallest absolute Gasteiger partial charge is 0.236 e. The maximum absolute atomic E-state index is 11.6. The lowest BCUT2D eigenvalue weighted by molar-refractivity contribution is -0.113. The molecule has 1 amide bonds. The molecule has 0 radical (unpaired) electrons. The van der Waals surface area contributed by atoms with Crippen LogP contribution >= 0.6 is 23.1 Å². The highest BCUT2D eigenvalue weighted by Crippen LogP contribution is 2.16. The van der Waals surface area contributed by atoms with Crippen molar-refractivity contribution in [2.45, 2.75) is 12.1 Å². The lowest BCUT2D eigenvalue weighted by Crippen LogP contribution is -2.14. The number of rotatable bonds is 4. The van der Waals surface area contributed by atoms with Crippen molar-refractivity contribution in [3.63, 3.8) is 0 Å². The van der Waals surface area contributed by atoms with Crippen LogP contribution < -0.4 is 5.32 Å². The number of amides is 1. The molecule has 2 aromatic heterocycles. The summed E-state index contributed by atoms with van der Waals surface area (Å²) in [6.45, 7) is 1.86. The van der Waals surface area contributed by atoms with Gasteiger partial charge >= 0.3 is 0 Å². The maximum Gasteiger partial charge on any atom is 0.236 e. The fourth-order valence-electron chi connectivity index (χ4n) is 1.03. The Bertz CT molecular complexity index is 508. The van der Waals surface area contributed by atoms with Crippen molar-refractivity contribution in [3.8, 4) is 0 Å². The molecule has 0 aliphatic rings. The molecule has 0 spiro atoms. The fourth-order valence-corrected chi connectivity index (χ4v) is 2.24. The molecule has 2 heterocycles. The van der Waals surface area contributed by atoms with Crippen molar-refractivity contribution in [1.82, 2.24) is 25.0 Å². The van der Waals surface area contributed by atoms with Gasteiger partial charge in [0, 0.05) is 7.05 Å². The average Bonchev–Trinajstić information content (AvgIpc) is 2.90. The molecule has 1 N–H and O–H groups in total. The first-order valence-electron chi connectivity index (χ1n) is 4.71. The van der Waals surface area contributed by atoms with E-state index in [0.717, 1.165) is 11.0 Å². The first kappa shape index (κ1) is 12.0. The minimum Gasteiger partial charge on any atom is -0.309 e. The number of nitrogens with one attached hydrogen (secondary N) is 1. The SMILES string of the molecule is Cc1nnc(SCC(=O)Nc2nncs2)n1C. The standard InChI is InChI=1S/C8H10N6OS2/c1-5-11-13-8(14(5)2)16-3-6(15)10-7-12-9-4-17-7/h4H,3H2,1-2H3,(H,10,12,15). The summed E-state index contributed by atoms with van der Waals surface area (Å²) in [5, 5.41) is 19.1. The molecule has 0 unspecified atom stereocenters. The van der Waals surface area contributed by atoms with Crippen LogP contribution in [-0.4, -0.2) is 36.6 Å². The van der Waals surface area contributed by atoms with E-state index in [1.807, 2.05) is 18.5 Å². The van der Waals surface area contributed by atoms with Gasteiger partial charge < -0.3 is 4.57 Å². The van der Waals surface area contributed by atoms with Crippen molar-refractivity contribution >= 4 is 34.1 Å². The highest BCUT2D eigenvalue weighted by Gasteiger charge is 2.10. The van der Waals surface area contributed by atoms with Crippen molar-refractivity contribution < 1.29 is 4.79 Å². The summed E-state index contributed by atoms with van der Waals surface area (Å²) in [5.41, 5.74) is 1.56. The molecule has 0 fully saturated rings. The first-order valence-corrected chi connectivity index (χ1v) is 6.58. The zero-order valence-corrected chi connectivity index (χ0v) is 10.9. The van der Waals surface area contributed by atoms with Gasteiger partial charge in [-0.2, -0.15) is 0 Å². The molecule has 9 heteroatoms. The molecule has 2 rings (SSSR count). The van der Waals surface area contributed by atoms with Crippen LogP contribution in [0.4, 0.5) is 5.13 Å². The van der Waals surface area contributed by atoms with Crippen molar-refractivity contribution in [2.24, 2.45) is 7.05 Å². The summed E-state index contributed by atoms with van der Waals surface area (Å²) < 4.78 is 1.84. The van der Waals surface area contributed by atoms with E-state index >= 15 is 0 Å². The van der Waals surface area contributed by atoms with E-state index in [1.54, 1.807) is 5.51 Å². The minimum absolute atomic E-state index is 0.132. The number of thioether (sulfide) groups is 1. The minimum atomic E-state index is -0.132. The lowest BCUT2D eigenvalue weighted by Gasteiger charge is -2.01. The number of carbonyl (C=O) groups excluding carboxylic acids is 1. The number of hydrogen-bond acceptors (Lipinski definition) is 7. The molecule has 0 aromatic carbocycles. The summed E-state index contributed by atoms with van der Waals surface area (Å²) in [7, 11) is 1.86. The Hall–Kier alpha value is -1.48. The van der Waals surface area contributed by atoms with E-state index in [-0.39, 0.29) is 11.7 Å². The second-order valence-electron chi connectivity index (χ2n) is 3.17. The number of nitrogens with zero attached hydrogens (tertiary/aromatic N) is 5. The maximum atomic E-state index is 11.6. The fraction of sp³-hybridized carbons (Fsp3) is 0.375. The summed E-state index contributed by atoms with van der Waals surface area (Å²) in [6.07, 6.45) is 0. The molecule has 0 aliphatic heterocycles. The van der Waals surface area contributed by atoms with Crippen LogP contribution in [0.1, 0.15) is 5.82 Å². The van der Waals surface area contributed by atoms with Crippen LogP contribution in [0.25, 0.3) is 0 Å². The van der Waals surface area contributed by atoms with Crippen molar-refractivity contribution in [3.05, 3.63) is 11.3 Å². The van der Waals surface area contributed by atoms with Gasteiger partial charge in [0.1, 0.15) is 11.3 Å². The van der Waals surface area contributed by atoms with Gasteiger partial charge in [-0.05, 0) is 6.92 Å². The third-order valence-electron chi connectivity index (χ3n) is 1.99. The third-order valence-corrected chi connectivity index (χ3v) is 3.62. The molecular weight excluding hydrogens is 260 g/mol. The van der Waals surface area contributed by atoms with E-state index in [9.17, 15) is 4.79 Å². The van der Waals surface area contributed by atoms with Gasteiger partial charge in [0.25, 0.3) is 0 Å². The van der Waals surface area contributed by atoms with Gasteiger partial charge in [0.05, 0.1) is 5.75 Å². The van der Waals surface area contributed by atoms with Crippen LogP contribution in [0.5, 0.6) is 0 Å². The van der Waals surface area contributed by atoms with Crippen molar-refractivity contribution in [2.75, 3.05) is 11.1 Å².